The average Bonchev–Trinajstić information content (AvgIpc) is 2.47. The number of halogens is 1. The normalized spacial score (nSPS) is 12.7. The highest BCUT2D eigenvalue weighted by atomic mass is 79.9. The molecule has 2 N–H and O–H groups in total. The van der Waals surface area contributed by atoms with Crippen molar-refractivity contribution in [3.8, 4) is 0 Å². The van der Waals surface area contributed by atoms with Crippen LogP contribution in [0.3, 0.4) is 0 Å². The number of sulfonamides is 1. The summed E-state index contributed by atoms with van der Waals surface area (Å²) in [6.45, 7) is 3.37. The van der Waals surface area contributed by atoms with Gasteiger partial charge in [0, 0.05) is 10.2 Å². The quantitative estimate of drug-likeness (QED) is 0.815. The molecule has 2 aromatic carbocycles. The van der Waals surface area contributed by atoms with E-state index >= 15 is 0 Å². The summed E-state index contributed by atoms with van der Waals surface area (Å²) in [6.07, 6.45) is 0. The van der Waals surface area contributed by atoms with Crippen molar-refractivity contribution in [1.82, 2.24) is 4.72 Å². The van der Waals surface area contributed by atoms with Crippen LogP contribution in [0.5, 0.6) is 0 Å². The van der Waals surface area contributed by atoms with E-state index in [0.717, 1.165) is 10.0 Å². The first-order valence-electron chi connectivity index (χ1n) is 6.93. The Morgan fingerprint density at radius 1 is 1.13 bits per heavy atom. The molecule has 0 spiro atoms. The Morgan fingerprint density at radius 3 is 2.39 bits per heavy atom. The molecule has 7 heteroatoms. The molecule has 2 rings (SSSR count). The first-order chi connectivity index (χ1) is 10.8. The van der Waals surface area contributed by atoms with Gasteiger partial charge in [0.2, 0.25) is 15.9 Å². The predicted molar refractivity (Wildman–Crippen MR) is 93.7 cm³/mol. The molecule has 2 aromatic rings. The number of aryl methyl sites for hydroxylation is 1. The summed E-state index contributed by atoms with van der Waals surface area (Å²) < 4.78 is 27.7. The minimum Gasteiger partial charge on any atom is -0.325 e. The van der Waals surface area contributed by atoms with Gasteiger partial charge in [-0.05, 0) is 44.2 Å². The Morgan fingerprint density at radius 2 is 1.78 bits per heavy atom. The number of carbonyl (C=O) groups is 1. The van der Waals surface area contributed by atoms with Crippen molar-refractivity contribution >= 4 is 37.5 Å². The molecule has 0 aliphatic carbocycles. The van der Waals surface area contributed by atoms with Crippen molar-refractivity contribution in [3.05, 3.63) is 58.6 Å². The number of benzene rings is 2. The van der Waals surface area contributed by atoms with Gasteiger partial charge in [-0.15, -0.1) is 0 Å². The minimum atomic E-state index is -3.74. The average molecular weight is 397 g/mol. The molecule has 0 unspecified atom stereocenters. The maximum absolute atomic E-state index is 12.3. The molecule has 0 radical (unpaired) electrons. The Balaban J connectivity index is 2.06. The number of rotatable bonds is 5. The van der Waals surface area contributed by atoms with E-state index in [-0.39, 0.29) is 4.90 Å². The van der Waals surface area contributed by atoms with E-state index < -0.39 is 22.0 Å². The Kier molecular flexibility index (Phi) is 5.56. The van der Waals surface area contributed by atoms with Crippen LogP contribution < -0.4 is 10.0 Å². The van der Waals surface area contributed by atoms with Gasteiger partial charge in [0.15, 0.2) is 0 Å². The van der Waals surface area contributed by atoms with Gasteiger partial charge in [-0.1, -0.05) is 39.7 Å². The van der Waals surface area contributed by atoms with Crippen molar-refractivity contribution in [2.45, 2.75) is 24.8 Å². The highest BCUT2D eigenvalue weighted by Crippen LogP contribution is 2.16. The standard InChI is InChI=1S/C16H17BrN2O3S/c1-11-6-8-15(9-7-11)23(21,22)19-12(2)16(20)18-14-5-3-4-13(17)10-14/h3-10,12,19H,1-2H3,(H,18,20)/t12-/m1/s1. The summed E-state index contributed by atoms with van der Waals surface area (Å²) in [7, 11) is -3.74. The second-order valence-electron chi connectivity index (χ2n) is 5.16. The zero-order valence-corrected chi connectivity index (χ0v) is 15.1. The van der Waals surface area contributed by atoms with Crippen molar-refractivity contribution in [2.75, 3.05) is 5.32 Å². The van der Waals surface area contributed by atoms with Gasteiger partial charge in [0.05, 0.1) is 10.9 Å². The van der Waals surface area contributed by atoms with Crippen LogP contribution in [0.15, 0.2) is 57.9 Å². The van der Waals surface area contributed by atoms with Crippen LogP contribution in [-0.4, -0.2) is 20.4 Å². The first-order valence-corrected chi connectivity index (χ1v) is 9.21. The fraction of sp³-hybridized carbons (Fsp3) is 0.188. The molecule has 0 heterocycles. The Bertz CT molecular complexity index is 804. The molecule has 0 fully saturated rings. The Hall–Kier alpha value is -1.70. The summed E-state index contributed by atoms with van der Waals surface area (Å²) in [5, 5.41) is 2.67. The van der Waals surface area contributed by atoms with Gasteiger partial charge >= 0.3 is 0 Å². The molecule has 0 saturated heterocycles. The number of nitrogens with one attached hydrogen (secondary N) is 2. The van der Waals surface area contributed by atoms with Crippen molar-refractivity contribution in [2.24, 2.45) is 0 Å². The lowest BCUT2D eigenvalue weighted by molar-refractivity contribution is -0.117. The van der Waals surface area contributed by atoms with E-state index in [1.165, 1.54) is 19.1 Å². The lowest BCUT2D eigenvalue weighted by Gasteiger charge is -2.14. The fourth-order valence-electron chi connectivity index (χ4n) is 1.89. The van der Waals surface area contributed by atoms with Crippen molar-refractivity contribution in [3.63, 3.8) is 0 Å². The predicted octanol–water partition coefficient (Wildman–Crippen LogP) is 3.06. The largest absolute Gasteiger partial charge is 0.325 e. The number of amides is 1. The van der Waals surface area contributed by atoms with E-state index in [1.54, 1.807) is 30.3 Å². The number of carbonyl (C=O) groups excluding carboxylic acids is 1. The molecule has 0 aromatic heterocycles. The number of hydrogen-bond donors (Lipinski definition) is 2. The van der Waals surface area contributed by atoms with Crippen LogP contribution in [0.2, 0.25) is 0 Å². The molecule has 0 bridgehead atoms. The van der Waals surface area contributed by atoms with Gasteiger partial charge in [-0.3, -0.25) is 4.79 Å². The highest BCUT2D eigenvalue weighted by Gasteiger charge is 2.22. The topological polar surface area (TPSA) is 75.3 Å². The molecule has 122 valence electrons. The number of hydrogen-bond acceptors (Lipinski definition) is 3. The molecule has 1 amide bonds. The van der Waals surface area contributed by atoms with E-state index in [2.05, 4.69) is 26.0 Å². The molecular formula is C16H17BrN2O3S. The van der Waals surface area contributed by atoms with Gasteiger partial charge in [-0.2, -0.15) is 4.72 Å². The molecular weight excluding hydrogens is 380 g/mol. The molecule has 0 aliphatic rings. The number of anilines is 1. The molecule has 5 nitrogen and oxygen atoms in total. The van der Waals surface area contributed by atoms with Crippen LogP contribution in [0.25, 0.3) is 0 Å². The van der Waals surface area contributed by atoms with Gasteiger partial charge in [0.25, 0.3) is 0 Å². The van der Waals surface area contributed by atoms with E-state index in [1.807, 2.05) is 13.0 Å². The van der Waals surface area contributed by atoms with Crippen molar-refractivity contribution in [1.29, 1.82) is 0 Å². The Labute approximate surface area is 144 Å². The maximum atomic E-state index is 12.3. The summed E-state index contributed by atoms with van der Waals surface area (Å²) in [4.78, 5) is 12.3. The second-order valence-corrected chi connectivity index (χ2v) is 7.79. The van der Waals surface area contributed by atoms with Gasteiger partial charge < -0.3 is 5.32 Å². The fourth-order valence-corrected chi connectivity index (χ4v) is 3.49. The summed E-state index contributed by atoms with van der Waals surface area (Å²) >= 11 is 3.31. The SMILES string of the molecule is Cc1ccc(S(=O)(=O)N[C@H](C)C(=O)Nc2cccc(Br)c2)cc1. The van der Waals surface area contributed by atoms with E-state index in [4.69, 9.17) is 0 Å². The maximum Gasteiger partial charge on any atom is 0.242 e. The lowest BCUT2D eigenvalue weighted by Crippen LogP contribution is -2.41. The van der Waals surface area contributed by atoms with Gasteiger partial charge in [-0.25, -0.2) is 8.42 Å². The highest BCUT2D eigenvalue weighted by molar-refractivity contribution is 9.10. The van der Waals surface area contributed by atoms with Crippen LogP contribution in [-0.2, 0) is 14.8 Å². The molecule has 23 heavy (non-hydrogen) atoms. The smallest absolute Gasteiger partial charge is 0.242 e. The molecule has 0 saturated carbocycles. The summed E-state index contributed by atoms with van der Waals surface area (Å²) in [5.74, 6) is -0.432. The molecule has 1 atom stereocenters. The van der Waals surface area contributed by atoms with E-state index in [0.29, 0.717) is 5.69 Å². The van der Waals surface area contributed by atoms with Crippen LogP contribution in [0, 0.1) is 6.92 Å². The van der Waals surface area contributed by atoms with Crippen LogP contribution >= 0.6 is 15.9 Å². The zero-order chi connectivity index (χ0) is 17.0. The second kappa shape index (κ2) is 7.25. The van der Waals surface area contributed by atoms with Gasteiger partial charge in [0.1, 0.15) is 0 Å². The zero-order valence-electron chi connectivity index (χ0n) is 12.7. The third-order valence-electron chi connectivity index (χ3n) is 3.15. The lowest BCUT2D eigenvalue weighted by atomic mass is 10.2. The summed E-state index contributed by atoms with van der Waals surface area (Å²) in [5.41, 5.74) is 1.55. The first kappa shape index (κ1) is 17.7. The van der Waals surface area contributed by atoms with Crippen molar-refractivity contribution < 1.29 is 13.2 Å². The third-order valence-corrected chi connectivity index (χ3v) is 5.20. The minimum absolute atomic E-state index is 0.130. The molecule has 0 aliphatic heterocycles. The summed E-state index contributed by atoms with van der Waals surface area (Å²) in [6, 6.07) is 12.6. The van der Waals surface area contributed by atoms with Crippen LogP contribution in [0.4, 0.5) is 5.69 Å². The van der Waals surface area contributed by atoms with E-state index in [9.17, 15) is 13.2 Å². The third kappa shape index (κ3) is 4.89. The monoisotopic (exact) mass is 396 g/mol. The van der Waals surface area contributed by atoms with Crippen LogP contribution in [0.1, 0.15) is 12.5 Å².